The number of hydrogen-bond donors (Lipinski definition) is 2. The van der Waals surface area contributed by atoms with Gasteiger partial charge in [0.15, 0.2) is 0 Å². The second kappa shape index (κ2) is 6.40. The fraction of sp³-hybridized carbons (Fsp3) is 0.455. The molecule has 0 saturated carbocycles. The van der Waals surface area contributed by atoms with Gasteiger partial charge in [0.2, 0.25) is 0 Å². The number of rotatable bonds is 5. The molecule has 18 heavy (non-hydrogen) atoms. The van der Waals surface area contributed by atoms with Gasteiger partial charge in [-0.15, -0.1) is 0 Å². The summed E-state index contributed by atoms with van der Waals surface area (Å²) in [6.45, 7) is 1.91. The average Bonchev–Trinajstić information content (AvgIpc) is 2.27. The lowest BCUT2D eigenvalue weighted by molar-refractivity contribution is -0.137. The standard InChI is InChI=1S/C11H15BrF3N3/c12-9-7-8(11(13,14)15)1-2-10(9)18(5-3-16)6-4-17/h1-2,7H,3-6,16-17H2. The molecule has 3 nitrogen and oxygen atoms in total. The molecule has 4 N–H and O–H groups in total. The fourth-order valence-corrected chi connectivity index (χ4v) is 2.23. The van der Waals surface area contributed by atoms with Gasteiger partial charge in [0.05, 0.1) is 11.3 Å². The lowest BCUT2D eigenvalue weighted by Crippen LogP contribution is -2.34. The van der Waals surface area contributed by atoms with E-state index < -0.39 is 11.7 Å². The summed E-state index contributed by atoms with van der Waals surface area (Å²) < 4.78 is 38.0. The van der Waals surface area contributed by atoms with Crippen molar-refractivity contribution in [1.29, 1.82) is 0 Å². The lowest BCUT2D eigenvalue weighted by Gasteiger charge is -2.25. The normalized spacial score (nSPS) is 11.7. The molecule has 1 aromatic rings. The third-order valence-corrected chi connectivity index (χ3v) is 3.05. The first-order chi connectivity index (χ1) is 8.40. The van der Waals surface area contributed by atoms with Crippen molar-refractivity contribution < 1.29 is 13.2 Å². The number of hydrogen-bond acceptors (Lipinski definition) is 3. The minimum Gasteiger partial charge on any atom is -0.368 e. The summed E-state index contributed by atoms with van der Waals surface area (Å²) in [4.78, 5) is 1.85. The van der Waals surface area contributed by atoms with Gasteiger partial charge < -0.3 is 16.4 Å². The molecule has 0 spiro atoms. The Hall–Kier alpha value is -0.790. The molecule has 0 heterocycles. The van der Waals surface area contributed by atoms with Crippen LogP contribution in [0.5, 0.6) is 0 Å². The zero-order valence-electron chi connectivity index (χ0n) is 9.67. The molecule has 0 fully saturated rings. The first-order valence-electron chi connectivity index (χ1n) is 5.42. The predicted molar refractivity (Wildman–Crippen MR) is 69.5 cm³/mol. The first kappa shape index (κ1) is 15.3. The Morgan fingerprint density at radius 3 is 2.06 bits per heavy atom. The van der Waals surface area contributed by atoms with Crippen LogP contribution in [0.2, 0.25) is 0 Å². The maximum atomic E-state index is 12.5. The Morgan fingerprint density at radius 2 is 1.67 bits per heavy atom. The van der Waals surface area contributed by atoms with Crippen LogP contribution in [-0.2, 0) is 6.18 Å². The number of anilines is 1. The third kappa shape index (κ3) is 3.86. The van der Waals surface area contributed by atoms with Crippen LogP contribution in [0.4, 0.5) is 18.9 Å². The van der Waals surface area contributed by atoms with E-state index in [0.717, 1.165) is 12.1 Å². The summed E-state index contributed by atoms with van der Waals surface area (Å²) >= 11 is 3.16. The highest BCUT2D eigenvalue weighted by Gasteiger charge is 2.31. The Bertz CT molecular complexity index is 390. The quantitative estimate of drug-likeness (QED) is 0.872. The highest BCUT2D eigenvalue weighted by atomic mass is 79.9. The summed E-state index contributed by atoms with van der Waals surface area (Å²) in [5.74, 6) is 0. The Labute approximate surface area is 112 Å². The molecule has 102 valence electrons. The predicted octanol–water partition coefficient (Wildman–Crippen LogP) is 2.19. The third-order valence-electron chi connectivity index (χ3n) is 2.41. The van der Waals surface area contributed by atoms with E-state index in [1.807, 2.05) is 4.90 Å². The van der Waals surface area contributed by atoms with Crippen molar-refractivity contribution in [3.8, 4) is 0 Å². The smallest absolute Gasteiger partial charge is 0.368 e. The van der Waals surface area contributed by atoms with E-state index in [4.69, 9.17) is 11.5 Å². The lowest BCUT2D eigenvalue weighted by atomic mass is 10.2. The second-order valence-electron chi connectivity index (χ2n) is 3.73. The minimum absolute atomic E-state index is 0.388. The minimum atomic E-state index is -4.34. The Morgan fingerprint density at radius 1 is 1.11 bits per heavy atom. The first-order valence-corrected chi connectivity index (χ1v) is 6.21. The molecule has 0 bridgehead atoms. The van der Waals surface area contributed by atoms with E-state index in [1.165, 1.54) is 6.07 Å². The van der Waals surface area contributed by atoms with E-state index in [-0.39, 0.29) is 0 Å². The number of nitrogens with zero attached hydrogens (tertiary/aromatic N) is 1. The van der Waals surface area contributed by atoms with Gasteiger partial charge in [0.1, 0.15) is 0 Å². The average molecular weight is 326 g/mol. The number of benzene rings is 1. The van der Waals surface area contributed by atoms with E-state index in [1.54, 1.807) is 0 Å². The topological polar surface area (TPSA) is 55.3 Å². The molecule has 0 aliphatic heterocycles. The van der Waals surface area contributed by atoms with Crippen molar-refractivity contribution >= 4 is 21.6 Å². The summed E-state index contributed by atoms with van der Waals surface area (Å²) in [5, 5.41) is 0. The molecule has 0 aromatic heterocycles. The van der Waals surface area contributed by atoms with Crippen LogP contribution in [0.25, 0.3) is 0 Å². The molecule has 0 amide bonds. The molecule has 1 rings (SSSR count). The van der Waals surface area contributed by atoms with Crippen LogP contribution in [-0.4, -0.2) is 26.2 Å². The van der Waals surface area contributed by atoms with Gasteiger partial charge in [0, 0.05) is 30.7 Å². The van der Waals surface area contributed by atoms with Gasteiger partial charge in [-0.05, 0) is 34.1 Å². The van der Waals surface area contributed by atoms with Crippen LogP contribution in [0, 0.1) is 0 Å². The molecule has 1 aromatic carbocycles. The van der Waals surface area contributed by atoms with Gasteiger partial charge in [-0.1, -0.05) is 0 Å². The molecule has 0 saturated heterocycles. The molecule has 7 heteroatoms. The summed E-state index contributed by atoms with van der Waals surface area (Å²) in [7, 11) is 0. The molecule has 0 aliphatic carbocycles. The van der Waals surface area contributed by atoms with Gasteiger partial charge in [-0.2, -0.15) is 13.2 Å². The van der Waals surface area contributed by atoms with Crippen molar-refractivity contribution in [2.45, 2.75) is 6.18 Å². The number of alkyl halides is 3. The van der Waals surface area contributed by atoms with Crippen LogP contribution >= 0.6 is 15.9 Å². The van der Waals surface area contributed by atoms with Crippen LogP contribution in [0.15, 0.2) is 22.7 Å². The highest BCUT2D eigenvalue weighted by Crippen LogP contribution is 2.35. The SMILES string of the molecule is NCCN(CCN)c1ccc(C(F)(F)F)cc1Br. The maximum absolute atomic E-state index is 12.5. The molecule has 0 atom stereocenters. The van der Waals surface area contributed by atoms with Crippen LogP contribution in [0.3, 0.4) is 0 Å². The fourth-order valence-electron chi connectivity index (χ4n) is 1.60. The Balaban J connectivity index is 3.03. The van der Waals surface area contributed by atoms with Crippen molar-refractivity contribution in [1.82, 2.24) is 0 Å². The summed E-state index contributed by atoms with van der Waals surface area (Å²) in [6.07, 6.45) is -4.34. The monoisotopic (exact) mass is 325 g/mol. The van der Waals surface area contributed by atoms with E-state index >= 15 is 0 Å². The van der Waals surface area contributed by atoms with Crippen molar-refractivity contribution in [3.63, 3.8) is 0 Å². The molecule has 0 radical (unpaired) electrons. The van der Waals surface area contributed by atoms with Gasteiger partial charge in [-0.3, -0.25) is 0 Å². The highest BCUT2D eigenvalue weighted by molar-refractivity contribution is 9.10. The maximum Gasteiger partial charge on any atom is 0.416 e. The number of nitrogens with two attached hydrogens (primary N) is 2. The van der Waals surface area contributed by atoms with E-state index in [0.29, 0.717) is 36.3 Å². The molecular formula is C11H15BrF3N3. The van der Waals surface area contributed by atoms with Gasteiger partial charge >= 0.3 is 6.18 Å². The van der Waals surface area contributed by atoms with Crippen LogP contribution < -0.4 is 16.4 Å². The zero-order valence-corrected chi connectivity index (χ0v) is 11.3. The summed E-state index contributed by atoms with van der Waals surface area (Å²) in [5.41, 5.74) is 10.9. The van der Waals surface area contributed by atoms with Crippen LogP contribution in [0.1, 0.15) is 5.56 Å². The largest absolute Gasteiger partial charge is 0.416 e. The summed E-state index contributed by atoms with van der Waals surface area (Å²) in [6, 6.07) is 3.55. The molecular weight excluding hydrogens is 311 g/mol. The molecule has 0 unspecified atom stereocenters. The second-order valence-corrected chi connectivity index (χ2v) is 4.58. The zero-order chi connectivity index (χ0) is 13.8. The van der Waals surface area contributed by atoms with E-state index in [2.05, 4.69) is 15.9 Å². The van der Waals surface area contributed by atoms with E-state index in [9.17, 15) is 13.2 Å². The van der Waals surface area contributed by atoms with Gasteiger partial charge in [0.25, 0.3) is 0 Å². The van der Waals surface area contributed by atoms with Crippen molar-refractivity contribution in [3.05, 3.63) is 28.2 Å². The molecule has 0 aliphatic rings. The Kier molecular flexibility index (Phi) is 5.43. The van der Waals surface area contributed by atoms with Gasteiger partial charge in [-0.25, -0.2) is 0 Å². The van der Waals surface area contributed by atoms with Crippen molar-refractivity contribution in [2.75, 3.05) is 31.1 Å². The van der Waals surface area contributed by atoms with Crippen molar-refractivity contribution in [2.24, 2.45) is 11.5 Å². The number of halogens is 4.